The molecule has 1 aliphatic rings. The summed E-state index contributed by atoms with van der Waals surface area (Å²) in [5, 5.41) is 0. The van der Waals surface area contributed by atoms with Gasteiger partial charge < -0.3 is 13.8 Å². The first kappa shape index (κ1) is 20.3. The molecule has 146 valence electrons. The molecule has 1 amide bonds. The first-order chi connectivity index (χ1) is 11.7. The predicted octanol–water partition coefficient (Wildman–Crippen LogP) is 3.16. The number of carbonyl (C=O) groups excluding carboxylic acids is 1. The molecule has 26 heavy (non-hydrogen) atoms. The van der Waals surface area contributed by atoms with Crippen LogP contribution in [0, 0.1) is 0 Å². The van der Waals surface area contributed by atoms with Gasteiger partial charge in [-0.25, -0.2) is 9.78 Å². The topological polar surface area (TPSA) is 85.8 Å². The van der Waals surface area contributed by atoms with Gasteiger partial charge in [0.2, 0.25) is 5.88 Å². The maximum absolute atomic E-state index is 12.4. The van der Waals surface area contributed by atoms with Gasteiger partial charge in [-0.2, -0.15) is 21.6 Å². The molecular formula is C15H19F3N2O5S. The average Bonchev–Trinajstić information content (AvgIpc) is 2.44. The van der Waals surface area contributed by atoms with Crippen molar-refractivity contribution in [2.45, 2.75) is 51.3 Å². The summed E-state index contributed by atoms with van der Waals surface area (Å²) in [6.07, 6.45) is -0.519. The lowest BCUT2D eigenvalue weighted by molar-refractivity contribution is -0.0501. The van der Waals surface area contributed by atoms with E-state index in [-0.39, 0.29) is 19.0 Å². The fraction of sp³-hybridized carbons (Fsp3) is 0.600. The third-order valence-corrected chi connectivity index (χ3v) is 4.40. The standard InChI is InChI=1S/C15H19F3N2O5S/c1-9-7-20(13(21)24-14(2,3)4)8-10-5-6-11(19-12(9)10)25-26(22,23)15(16,17)18/h5-6,9H,7-8H2,1-4H3. The maximum atomic E-state index is 12.4. The smallest absolute Gasteiger partial charge is 0.444 e. The summed E-state index contributed by atoms with van der Waals surface area (Å²) in [7, 11) is -5.79. The molecule has 0 bridgehead atoms. The fourth-order valence-corrected chi connectivity index (χ4v) is 2.82. The van der Waals surface area contributed by atoms with E-state index in [1.165, 1.54) is 11.0 Å². The molecule has 1 unspecified atom stereocenters. The lowest BCUT2D eigenvalue weighted by atomic mass is 9.97. The number of fused-ring (bicyclic) bond motifs is 1. The van der Waals surface area contributed by atoms with Crippen LogP contribution in [0.3, 0.4) is 0 Å². The Morgan fingerprint density at radius 2 is 1.88 bits per heavy atom. The molecule has 0 fully saturated rings. The number of nitrogens with zero attached hydrogens (tertiary/aromatic N) is 2. The second kappa shape index (κ2) is 6.60. The highest BCUT2D eigenvalue weighted by atomic mass is 32.2. The minimum absolute atomic E-state index is 0.147. The van der Waals surface area contributed by atoms with Crippen LogP contribution in [0.4, 0.5) is 18.0 Å². The van der Waals surface area contributed by atoms with Crippen LogP contribution in [0.1, 0.15) is 44.9 Å². The molecule has 2 rings (SSSR count). The zero-order chi connectivity index (χ0) is 19.9. The van der Waals surface area contributed by atoms with Crippen molar-refractivity contribution >= 4 is 16.2 Å². The lowest BCUT2D eigenvalue weighted by Gasteiger charge is -2.33. The van der Waals surface area contributed by atoms with Gasteiger partial charge in [-0.3, -0.25) is 0 Å². The quantitative estimate of drug-likeness (QED) is 0.564. The van der Waals surface area contributed by atoms with Gasteiger partial charge in [0, 0.05) is 18.5 Å². The van der Waals surface area contributed by atoms with Crippen molar-refractivity contribution in [3.8, 4) is 5.88 Å². The second-order valence-electron chi connectivity index (χ2n) is 6.94. The maximum Gasteiger partial charge on any atom is 0.534 e. The normalized spacial score (nSPS) is 18.3. The van der Waals surface area contributed by atoms with E-state index in [2.05, 4.69) is 9.17 Å². The third-order valence-electron chi connectivity index (χ3n) is 3.44. The Bertz CT molecular complexity index is 802. The van der Waals surface area contributed by atoms with Crippen molar-refractivity contribution < 1.29 is 35.3 Å². The monoisotopic (exact) mass is 396 g/mol. The summed E-state index contributed by atoms with van der Waals surface area (Å²) in [5.74, 6) is -1.01. The lowest BCUT2D eigenvalue weighted by Crippen LogP contribution is -2.41. The van der Waals surface area contributed by atoms with Gasteiger partial charge in [0.25, 0.3) is 0 Å². The number of amides is 1. The van der Waals surface area contributed by atoms with Gasteiger partial charge in [-0.15, -0.1) is 0 Å². The van der Waals surface area contributed by atoms with Gasteiger partial charge in [-0.1, -0.05) is 6.92 Å². The molecule has 0 spiro atoms. The predicted molar refractivity (Wildman–Crippen MR) is 84.9 cm³/mol. The van der Waals surface area contributed by atoms with Crippen molar-refractivity contribution in [1.29, 1.82) is 0 Å². The number of hydrogen-bond acceptors (Lipinski definition) is 6. The van der Waals surface area contributed by atoms with Crippen molar-refractivity contribution in [2.75, 3.05) is 6.54 Å². The number of pyridine rings is 1. The van der Waals surface area contributed by atoms with Gasteiger partial charge in [0.1, 0.15) is 5.60 Å². The van der Waals surface area contributed by atoms with Gasteiger partial charge in [0.15, 0.2) is 0 Å². The Morgan fingerprint density at radius 1 is 1.27 bits per heavy atom. The first-order valence-corrected chi connectivity index (χ1v) is 9.09. The van der Waals surface area contributed by atoms with Gasteiger partial charge in [0.05, 0.1) is 12.2 Å². The van der Waals surface area contributed by atoms with Crippen molar-refractivity contribution in [2.24, 2.45) is 0 Å². The Labute approximate surface area is 149 Å². The van der Waals surface area contributed by atoms with E-state index in [4.69, 9.17) is 4.74 Å². The van der Waals surface area contributed by atoms with E-state index in [0.717, 1.165) is 6.07 Å². The Morgan fingerprint density at radius 3 is 2.42 bits per heavy atom. The van der Waals surface area contributed by atoms with Gasteiger partial charge in [-0.05, 0) is 32.4 Å². The molecule has 0 saturated heterocycles. The summed E-state index contributed by atoms with van der Waals surface area (Å²) in [6, 6.07) is 2.41. The van der Waals surface area contributed by atoms with E-state index in [9.17, 15) is 26.4 Å². The number of aromatic nitrogens is 1. The number of halogens is 3. The molecule has 2 heterocycles. The molecule has 1 aromatic rings. The number of alkyl halides is 3. The van der Waals surface area contributed by atoms with E-state index in [1.54, 1.807) is 27.7 Å². The molecule has 11 heteroatoms. The minimum atomic E-state index is -5.79. The zero-order valence-corrected chi connectivity index (χ0v) is 15.4. The molecule has 0 aliphatic carbocycles. The number of ether oxygens (including phenoxy) is 1. The summed E-state index contributed by atoms with van der Waals surface area (Å²) < 4.78 is 68.8. The fourth-order valence-electron chi connectivity index (χ4n) is 2.40. The van der Waals surface area contributed by atoms with Crippen LogP contribution in [0.25, 0.3) is 0 Å². The van der Waals surface area contributed by atoms with E-state index < -0.39 is 33.2 Å². The minimum Gasteiger partial charge on any atom is -0.444 e. The van der Waals surface area contributed by atoms with Crippen molar-refractivity contribution in [1.82, 2.24) is 9.88 Å². The van der Waals surface area contributed by atoms with E-state index in [1.807, 2.05) is 0 Å². The molecular weight excluding hydrogens is 377 g/mol. The highest BCUT2D eigenvalue weighted by Crippen LogP contribution is 2.31. The molecule has 0 N–H and O–H groups in total. The van der Waals surface area contributed by atoms with Gasteiger partial charge >= 0.3 is 21.7 Å². The Hall–Kier alpha value is -2.04. The van der Waals surface area contributed by atoms with Crippen LogP contribution in [0.15, 0.2) is 12.1 Å². The van der Waals surface area contributed by atoms with Crippen LogP contribution in [0.5, 0.6) is 5.88 Å². The Balaban J connectivity index is 2.22. The van der Waals surface area contributed by atoms with Crippen LogP contribution in [-0.4, -0.2) is 42.0 Å². The highest BCUT2D eigenvalue weighted by Gasteiger charge is 2.49. The largest absolute Gasteiger partial charge is 0.534 e. The summed E-state index contributed by atoms with van der Waals surface area (Å²) >= 11 is 0. The average molecular weight is 396 g/mol. The second-order valence-corrected chi connectivity index (χ2v) is 8.48. The summed E-state index contributed by atoms with van der Waals surface area (Å²) in [4.78, 5) is 17.5. The van der Waals surface area contributed by atoms with E-state index in [0.29, 0.717) is 11.3 Å². The molecule has 0 aromatic carbocycles. The first-order valence-electron chi connectivity index (χ1n) is 7.68. The number of carbonyl (C=O) groups is 1. The van der Waals surface area contributed by atoms with Crippen LogP contribution in [0.2, 0.25) is 0 Å². The SMILES string of the molecule is CC1CN(C(=O)OC(C)(C)C)Cc2ccc(OS(=O)(=O)C(F)(F)F)nc21. The van der Waals surface area contributed by atoms with Crippen LogP contribution in [-0.2, 0) is 21.4 Å². The molecule has 1 aromatic heterocycles. The zero-order valence-electron chi connectivity index (χ0n) is 14.6. The highest BCUT2D eigenvalue weighted by molar-refractivity contribution is 7.87. The molecule has 0 radical (unpaired) electrons. The van der Waals surface area contributed by atoms with Crippen LogP contribution >= 0.6 is 0 Å². The van der Waals surface area contributed by atoms with Crippen LogP contribution < -0.4 is 4.18 Å². The summed E-state index contributed by atoms with van der Waals surface area (Å²) in [6.45, 7) is 7.29. The van der Waals surface area contributed by atoms with Crippen molar-refractivity contribution in [3.05, 3.63) is 23.4 Å². The summed E-state index contributed by atoms with van der Waals surface area (Å²) in [5.41, 5.74) is -5.25. The third kappa shape index (κ3) is 4.57. The molecule has 7 nitrogen and oxygen atoms in total. The molecule has 1 aliphatic heterocycles. The molecule has 1 atom stereocenters. The molecule has 0 saturated carbocycles. The number of hydrogen-bond donors (Lipinski definition) is 0. The van der Waals surface area contributed by atoms with E-state index >= 15 is 0 Å². The number of rotatable bonds is 2. The Kier molecular flexibility index (Phi) is 5.15. The van der Waals surface area contributed by atoms with Crippen molar-refractivity contribution in [3.63, 3.8) is 0 Å².